The number of hydrogen-bond acceptors (Lipinski definition) is 6. The van der Waals surface area contributed by atoms with Crippen molar-refractivity contribution in [3.63, 3.8) is 0 Å². The van der Waals surface area contributed by atoms with Crippen LogP contribution in [-0.2, 0) is 6.18 Å². The third-order valence-corrected chi connectivity index (χ3v) is 5.05. The molecule has 8 nitrogen and oxygen atoms in total. The van der Waals surface area contributed by atoms with E-state index in [0.717, 1.165) is 24.5 Å². The minimum Gasteiger partial charge on any atom is -0.369 e. The largest absolute Gasteiger partial charge is 0.433 e. The Labute approximate surface area is 182 Å². The molecule has 0 atom stereocenters. The van der Waals surface area contributed by atoms with Crippen molar-refractivity contribution in [2.75, 3.05) is 34.8 Å². The van der Waals surface area contributed by atoms with Gasteiger partial charge in [-0.3, -0.25) is 9.88 Å². The summed E-state index contributed by atoms with van der Waals surface area (Å²) >= 11 is 0. The lowest BCUT2D eigenvalue weighted by Crippen LogP contribution is -2.36. The zero-order valence-corrected chi connectivity index (χ0v) is 17.2. The van der Waals surface area contributed by atoms with Gasteiger partial charge in [-0.1, -0.05) is 0 Å². The summed E-state index contributed by atoms with van der Waals surface area (Å²) in [5.41, 5.74) is 0.740. The van der Waals surface area contributed by atoms with E-state index in [1.165, 1.54) is 29.7 Å². The number of urea groups is 1. The van der Waals surface area contributed by atoms with E-state index in [4.69, 9.17) is 0 Å². The van der Waals surface area contributed by atoms with Gasteiger partial charge in [0.2, 0.25) is 0 Å². The van der Waals surface area contributed by atoms with Crippen LogP contribution in [0, 0.1) is 0 Å². The Balaban J connectivity index is 1.74. The fourth-order valence-electron chi connectivity index (χ4n) is 3.52. The Kier molecular flexibility index (Phi) is 5.89. The highest BCUT2D eigenvalue weighted by Gasteiger charge is 2.33. The molecule has 1 aliphatic rings. The van der Waals surface area contributed by atoms with E-state index in [2.05, 4.69) is 30.2 Å². The predicted molar refractivity (Wildman–Crippen MR) is 113 cm³/mol. The second-order valence-corrected chi connectivity index (χ2v) is 7.11. The van der Waals surface area contributed by atoms with E-state index in [1.54, 1.807) is 12.1 Å². The number of halogens is 3. The first kappa shape index (κ1) is 21.5. The molecule has 1 N–H and O–H groups in total. The normalized spacial score (nSPS) is 14.0. The molecule has 3 aromatic heterocycles. The summed E-state index contributed by atoms with van der Waals surface area (Å²) in [6, 6.07) is 5.43. The molecule has 1 aliphatic heterocycles. The van der Waals surface area contributed by atoms with Gasteiger partial charge in [0.05, 0.1) is 29.5 Å². The maximum Gasteiger partial charge on any atom is 0.433 e. The molecular formula is C21H20F3N7O. The molecule has 0 spiro atoms. The van der Waals surface area contributed by atoms with Gasteiger partial charge in [0, 0.05) is 31.4 Å². The smallest absolute Gasteiger partial charge is 0.369 e. The first-order valence-corrected chi connectivity index (χ1v) is 10.00. The number of carbonyl (C=O) groups excluding carboxylic acids is 1. The van der Waals surface area contributed by atoms with Crippen LogP contribution in [-0.4, -0.2) is 45.6 Å². The minimum atomic E-state index is -4.57. The van der Waals surface area contributed by atoms with Gasteiger partial charge in [0.15, 0.2) is 5.82 Å². The van der Waals surface area contributed by atoms with Crippen LogP contribution in [0.15, 0.2) is 49.2 Å². The van der Waals surface area contributed by atoms with Crippen molar-refractivity contribution >= 4 is 23.2 Å². The lowest BCUT2D eigenvalue weighted by Gasteiger charge is -2.25. The molecule has 0 bridgehead atoms. The summed E-state index contributed by atoms with van der Waals surface area (Å²) in [7, 11) is 0. The summed E-state index contributed by atoms with van der Waals surface area (Å²) in [5, 5.41) is 2.75. The van der Waals surface area contributed by atoms with E-state index >= 15 is 0 Å². The molecule has 0 unspecified atom stereocenters. The predicted octanol–water partition coefficient (Wildman–Crippen LogP) is 4.22. The highest BCUT2D eigenvalue weighted by molar-refractivity contribution is 6.03. The Bertz CT molecular complexity index is 1110. The van der Waals surface area contributed by atoms with Crippen molar-refractivity contribution in [2.45, 2.75) is 19.5 Å². The number of fused-ring (bicyclic) bond motifs is 1. The van der Waals surface area contributed by atoms with E-state index in [9.17, 15) is 18.0 Å². The van der Waals surface area contributed by atoms with Gasteiger partial charge < -0.3 is 10.2 Å². The molecule has 0 aliphatic carbocycles. The highest BCUT2D eigenvalue weighted by atomic mass is 19.4. The number of rotatable bonds is 3. The lowest BCUT2D eigenvalue weighted by atomic mass is 10.1. The fourth-order valence-corrected chi connectivity index (χ4v) is 3.52. The van der Waals surface area contributed by atoms with Crippen LogP contribution in [0.4, 0.5) is 35.2 Å². The quantitative estimate of drug-likeness (QED) is 0.652. The molecule has 0 saturated heterocycles. The van der Waals surface area contributed by atoms with Crippen LogP contribution in [0.5, 0.6) is 0 Å². The third-order valence-electron chi connectivity index (χ3n) is 5.05. The third kappa shape index (κ3) is 4.46. The average Bonchev–Trinajstić information content (AvgIpc) is 2.98. The maximum absolute atomic E-state index is 13.1. The fraction of sp³-hybridized carbons (Fsp3) is 0.286. The summed E-state index contributed by atoms with van der Waals surface area (Å²) < 4.78 is 39.4. The molecule has 3 aromatic rings. The maximum atomic E-state index is 13.1. The van der Waals surface area contributed by atoms with E-state index in [1.807, 2.05) is 6.92 Å². The van der Waals surface area contributed by atoms with Crippen LogP contribution in [0.1, 0.15) is 19.0 Å². The number of alkyl halides is 3. The number of aromatic nitrogens is 4. The zero-order chi connectivity index (χ0) is 22.7. The molecule has 0 radical (unpaired) electrons. The van der Waals surface area contributed by atoms with Crippen LogP contribution in [0.25, 0.3) is 11.3 Å². The van der Waals surface area contributed by atoms with Crippen LogP contribution in [0.2, 0.25) is 0 Å². The van der Waals surface area contributed by atoms with Crippen LogP contribution < -0.4 is 15.1 Å². The van der Waals surface area contributed by atoms with Crippen molar-refractivity contribution in [1.82, 2.24) is 19.9 Å². The van der Waals surface area contributed by atoms with Crippen LogP contribution >= 0.6 is 0 Å². The molecule has 4 rings (SSSR count). The summed E-state index contributed by atoms with van der Waals surface area (Å²) in [4.78, 5) is 32.4. The molecule has 4 heterocycles. The molecule has 32 heavy (non-hydrogen) atoms. The second kappa shape index (κ2) is 8.77. The van der Waals surface area contributed by atoms with Crippen molar-refractivity contribution < 1.29 is 18.0 Å². The zero-order valence-electron chi connectivity index (χ0n) is 17.2. The molecule has 166 valence electrons. The molecule has 0 aromatic carbocycles. The topological polar surface area (TPSA) is 87.1 Å². The Morgan fingerprint density at radius 3 is 2.66 bits per heavy atom. The summed E-state index contributed by atoms with van der Waals surface area (Å²) in [6.45, 7) is 3.80. The first-order chi connectivity index (χ1) is 15.4. The van der Waals surface area contributed by atoms with Gasteiger partial charge in [0.1, 0.15) is 12.0 Å². The van der Waals surface area contributed by atoms with Crippen molar-refractivity contribution in [2.24, 2.45) is 0 Å². The van der Waals surface area contributed by atoms with Crippen LogP contribution in [0.3, 0.4) is 0 Å². The molecule has 0 saturated carbocycles. The van der Waals surface area contributed by atoms with Crippen molar-refractivity contribution in [3.8, 4) is 11.3 Å². The highest BCUT2D eigenvalue weighted by Crippen LogP contribution is 2.35. The minimum absolute atomic E-state index is 0.263. The molecule has 2 amide bonds. The Hall–Kier alpha value is -3.76. The number of nitrogens with one attached hydrogen (secondary N) is 1. The Morgan fingerprint density at radius 1 is 1.16 bits per heavy atom. The van der Waals surface area contributed by atoms with Gasteiger partial charge >= 0.3 is 12.2 Å². The van der Waals surface area contributed by atoms with Gasteiger partial charge in [-0.15, -0.1) is 0 Å². The van der Waals surface area contributed by atoms with Gasteiger partial charge in [-0.25, -0.2) is 19.7 Å². The summed E-state index contributed by atoms with van der Waals surface area (Å²) in [5.74, 6) is 0.376. The summed E-state index contributed by atoms with van der Waals surface area (Å²) in [6.07, 6.45) is 1.54. The monoisotopic (exact) mass is 443 g/mol. The molecule has 0 fully saturated rings. The SMILES string of the molecule is CCN1CCCN(C(=O)Nc2cncnc2)c2nc(-c3ccnc(C(F)(F)F)c3)ccc21. The standard InChI is InChI=1S/C21H20F3N7O/c1-2-30-8-3-9-31(20(32)28-15-11-25-13-26-12-15)19-17(30)5-4-16(29-19)14-6-7-27-18(10-14)21(22,23)24/h4-7,10-13H,2-3,8-9H2,1H3,(H,28,32). The molecular weight excluding hydrogens is 423 g/mol. The first-order valence-electron chi connectivity index (χ1n) is 10.00. The van der Waals surface area contributed by atoms with Crippen molar-refractivity contribution in [1.29, 1.82) is 0 Å². The van der Waals surface area contributed by atoms with E-state index in [-0.39, 0.29) is 5.56 Å². The number of amides is 2. The number of hydrogen-bond donors (Lipinski definition) is 1. The number of nitrogens with zero attached hydrogens (tertiary/aromatic N) is 6. The number of carbonyl (C=O) groups is 1. The second-order valence-electron chi connectivity index (χ2n) is 7.11. The lowest BCUT2D eigenvalue weighted by molar-refractivity contribution is -0.141. The number of pyridine rings is 2. The van der Waals surface area contributed by atoms with Crippen molar-refractivity contribution in [3.05, 3.63) is 54.9 Å². The van der Waals surface area contributed by atoms with Gasteiger partial charge in [-0.05, 0) is 37.6 Å². The Morgan fingerprint density at radius 2 is 1.94 bits per heavy atom. The average molecular weight is 443 g/mol. The van der Waals surface area contributed by atoms with Gasteiger partial charge in [0.25, 0.3) is 0 Å². The van der Waals surface area contributed by atoms with E-state index in [0.29, 0.717) is 36.7 Å². The van der Waals surface area contributed by atoms with E-state index < -0.39 is 17.9 Å². The van der Waals surface area contributed by atoms with Gasteiger partial charge in [-0.2, -0.15) is 13.2 Å². The number of anilines is 3. The molecule has 11 heteroatoms.